The maximum Gasteiger partial charge on any atom is 0.227 e. The molecule has 2 heterocycles. The number of carbonyl (C=O) groups excluding carboxylic acids is 1. The predicted molar refractivity (Wildman–Crippen MR) is 91.1 cm³/mol. The maximum absolute atomic E-state index is 13.0. The van der Waals surface area contributed by atoms with Crippen molar-refractivity contribution < 1.29 is 9.18 Å². The first-order chi connectivity index (χ1) is 11.7. The molecule has 1 aliphatic rings. The minimum absolute atomic E-state index is 0.0834. The largest absolute Gasteiger partial charge is 0.317 e. The zero-order valence-corrected chi connectivity index (χ0v) is 13.7. The van der Waals surface area contributed by atoms with E-state index in [9.17, 15) is 9.18 Å². The van der Waals surface area contributed by atoms with Crippen LogP contribution >= 0.6 is 0 Å². The van der Waals surface area contributed by atoms with E-state index in [2.05, 4.69) is 15.3 Å². The molecule has 0 unspecified atom stereocenters. The Kier molecular flexibility index (Phi) is 5.15. The summed E-state index contributed by atoms with van der Waals surface area (Å²) in [5, 5.41) is 3.31. The number of nitrogens with one attached hydrogen (secondary N) is 1. The molecule has 24 heavy (non-hydrogen) atoms. The normalized spacial score (nSPS) is 15.2. The number of hydrogen-bond acceptors (Lipinski definition) is 4. The van der Waals surface area contributed by atoms with Gasteiger partial charge in [0.25, 0.3) is 0 Å². The molecule has 0 atom stereocenters. The van der Waals surface area contributed by atoms with Gasteiger partial charge in [-0.05, 0) is 50.2 Å². The van der Waals surface area contributed by atoms with Gasteiger partial charge in [-0.15, -0.1) is 0 Å². The van der Waals surface area contributed by atoms with Gasteiger partial charge in [0.05, 0.1) is 18.1 Å². The van der Waals surface area contributed by atoms with Crippen LogP contribution in [0.4, 0.5) is 10.1 Å². The highest BCUT2D eigenvalue weighted by atomic mass is 19.1. The van der Waals surface area contributed by atoms with Crippen LogP contribution in [0.3, 0.4) is 0 Å². The van der Waals surface area contributed by atoms with Gasteiger partial charge in [-0.2, -0.15) is 0 Å². The molecular weight excluding hydrogens is 307 g/mol. The molecule has 2 aromatic rings. The van der Waals surface area contributed by atoms with Crippen molar-refractivity contribution in [3.05, 3.63) is 42.5 Å². The zero-order chi connectivity index (χ0) is 16.9. The molecule has 1 N–H and O–H groups in total. The maximum atomic E-state index is 13.0. The number of rotatable bonds is 4. The van der Waals surface area contributed by atoms with Gasteiger partial charge in [-0.3, -0.25) is 4.79 Å². The van der Waals surface area contributed by atoms with E-state index >= 15 is 0 Å². The molecule has 1 amide bonds. The van der Waals surface area contributed by atoms with Crippen LogP contribution in [-0.4, -0.2) is 35.0 Å². The van der Waals surface area contributed by atoms with Crippen LogP contribution in [0, 0.1) is 5.82 Å². The summed E-state index contributed by atoms with van der Waals surface area (Å²) in [5.41, 5.74) is 1.47. The third-order valence-electron chi connectivity index (χ3n) is 4.26. The second kappa shape index (κ2) is 7.49. The molecule has 1 aromatic heterocycles. The summed E-state index contributed by atoms with van der Waals surface area (Å²) < 4.78 is 13.0. The minimum atomic E-state index is -0.291. The average Bonchev–Trinajstić information content (AvgIpc) is 2.64. The number of aromatic nitrogens is 2. The average molecular weight is 328 g/mol. The van der Waals surface area contributed by atoms with E-state index < -0.39 is 0 Å². The van der Waals surface area contributed by atoms with Crippen LogP contribution < -0.4 is 10.2 Å². The summed E-state index contributed by atoms with van der Waals surface area (Å²) in [6, 6.07) is 6.24. The number of benzene rings is 1. The first-order valence-electron chi connectivity index (χ1n) is 8.30. The van der Waals surface area contributed by atoms with Gasteiger partial charge in [-0.25, -0.2) is 14.4 Å². The lowest BCUT2D eigenvalue weighted by Gasteiger charge is -2.34. The Hall–Kier alpha value is -2.34. The topological polar surface area (TPSA) is 58.1 Å². The summed E-state index contributed by atoms with van der Waals surface area (Å²) in [7, 11) is 0. The van der Waals surface area contributed by atoms with E-state index in [0.29, 0.717) is 12.2 Å². The Balaban J connectivity index is 1.85. The second-order valence-corrected chi connectivity index (χ2v) is 5.87. The molecule has 0 spiro atoms. The quantitative estimate of drug-likeness (QED) is 0.937. The molecule has 1 aromatic carbocycles. The molecule has 0 bridgehead atoms. The highest BCUT2D eigenvalue weighted by molar-refractivity contribution is 5.93. The van der Waals surface area contributed by atoms with E-state index in [-0.39, 0.29) is 17.8 Å². The lowest BCUT2D eigenvalue weighted by Crippen LogP contribution is -2.46. The van der Waals surface area contributed by atoms with E-state index in [1.54, 1.807) is 24.5 Å². The zero-order valence-electron chi connectivity index (χ0n) is 13.7. The summed E-state index contributed by atoms with van der Waals surface area (Å²) >= 11 is 0. The first-order valence-corrected chi connectivity index (χ1v) is 8.30. The number of halogens is 1. The fraction of sp³-hybridized carbons (Fsp3) is 0.389. The van der Waals surface area contributed by atoms with Gasteiger partial charge in [0.15, 0.2) is 5.82 Å². The number of hydrogen-bond donors (Lipinski definition) is 1. The van der Waals surface area contributed by atoms with Gasteiger partial charge in [-0.1, -0.05) is 6.92 Å². The molecule has 0 aliphatic carbocycles. The van der Waals surface area contributed by atoms with E-state index in [4.69, 9.17) is 0 Å². The molecule has 1 fully saturated rings. The monoisotopic (exact) mass is 328 g/mol. The Bertz CT molecular complexity index is 681. The summed E-state index contributed by atoms with van der Waals surface area (Å²) in [6.07, 6.45) is 5.66. The lowest BCUT2D eigenvalue weighted by molar-refractivity contribution is -0.118. The fourth-order valence-corrected chi connectivity index (χ4v) is 2.99. The minimum Gasteiger partial charge on any atom is -0.317 e. The first kappa shape index (κ1) is 16.5. The Labute approximate surface area is 140 Å². The summed E-state index contributed by atoms with van der Waals surface area (Å²) in [4.78, 5) is 23.0. The van der Waals surface area contributed by atoms with Gasteiger partial charge in [0, 0.05) is 18.0 Å². The molecule has 0 saturated carbocycles. The van der Waals surface area contributed by atoms with E-state index in [1.165, 1.54) is 12.1 Å². The van der Waals surface area contributed by atoms with Crippen molar-refractivity contribution in [2.24, 2.45) is 0 Å². The third-order valence-corrected chi connectivity index (χ3v) is 4.26. The Morgan fingerprint density at radius 3 is 2.42 bits per heavy atom. The molecule has 1 aliphatic heterocycles. The number of anilines is 1. The van der Waals surface area contributed by atoms with Gasteiger partial charge >= 0.3 is 0 Å². The molecule has 0 radical (unpaired) electrons. The van der Waals surface area contributed by atoms with Crippen molar-refractivity contribution in [2.45, 2.75) is 32.2 Å². The van der Waals surface area contributed by atoms with Crippen LogP contribution in [0.25, 0.3) is 11.4 Å². The van der Waals surface area contributed by atoms with Crippen molar-refractivity contribution >= 4 is 11.6 Å². The molecular formula is C18H21FN4O. The number of amides is 1. The number of carbonyl (C=O) groups is 1. The second-order valence-electron chi connectivity index (χ2n) is 5.87. The van der Waals surface area contributed by atoms with Crippen molar-refractivity contribution in [1.29, 1.82) is 0 Å². The highest BCUT2D eigenvalue weighted by Gasteiger charge is 2.26. The van der Waals surface area contributed by atoms with E-state index in [1.807, 2.05) is 11.8 Å². The SMILES string of the molecule is CCC(=O)N(c1cnc(-c2ccc(F)cc2)nc1)C1CCNCC1. The van der Waals surface area contributed by atoms with Crippen molar-refractivity contribution in [2.75, 3.05) is 18.0 Å². The number of piperidine rings is 1. The molecule has 1 saturated heterocycles. The Morgan fingerprint density at radius 2 is 1.83 bits per heavy atom. The number of nitrogens with zero attached hydrogens (tertiary/aromatic N) is 3. The van der Waals surface area contributed by atoms with Crippen LogP contribution in [0.2, 0.25) is 0 Å². The smallest absolute Gasteiger partial charge is 0.227 e. The standard InChI is InChI=1S/C18H21FN4O/c1-2-17(24)23(15-7-9-20-10-8-15)16-11-21-18(22-12-16)13-3-5-14(19)6-4-13/h3-6,11-12,15,20H,2,7-10H2,1H3. The van der Waals surface area contributed by atoms with Crippen molar-refractivity contribution in [3.8, 4) is 11.4 Å². The van der Waals surface area contributed by atoms with Crippen molar-refractivity contribution in [3.63, 3.8) is 0 Å². The van der Waals surface area contributed by atoms with Gasteiger partial charge in [0.2, 0.25) is 5.91 Å². The molecule has 126 valence electrons. The van der Waals surface area contributed by atoms with Gasteiger partial charge in [0.1, 0.15) is 5.82 Å². The Morgan fingerprint density at radius 1 is 1.21 bits per heavy atom. The molecule has 3 rings (SSSR count). The predicted octanol–water partition coefficient (Wildman–Crippen LogP) is 2.78. The highest BCUT2D eigenvalue weighted by Crippen LogP contribution is 2.23. The van der Waals surface area contributed by atoms with Crippen LogP contribution in [0.5, 0.6) is 0 Å². The molecule has 6 heteroatoms. The third kappa shape index (κ3) is 3.59. The summed E-state index contributed by atoms with van der Waals surface area (Å²) in [5.74, 6) is 0.314. The summed E-state index contributed by atoms with van der Waals surface area (Å²) in [6.45, 7) is 3.68. The van der Waals surface area contributed by atoms with Crippen LogP contribution in [0.15, 0.2) is 36.7 Å². The lowest BCUT2D eigenvalue weighted by atomic mass is 10.0. The van der Waals surface area contributed by atoms with Crippen LogP contribution in [0.1, 0.15) is 26.2 Å². The molecule has 5 nitrogen and oxygen atoms in total. The van der Waals surface area contributed by atoms with E-state index in [0.717, 1.165) is 37.2 Å². The fourth-order valence-electron chi connectivity index (χ4n) is 2.99. The van der Waals surface area contributed by atoms with Crippen LogP contribution in [-0.2, 0) is 4.79 Å². The van der Waals surface area contributed by atoms with Gasteiger partial charge < -0.3 is 10.2 Å². The van der Waals surface area contributed by atoms with Crippen molar-refractivity contribution in [1.82, 2.24) is 15.3 Å².